The Morgan fingerprint density at radius 3 is 2.39 bits per heavy atom. The number of piperazine rings is 1. The number of nitriles is 1. The third-order valence-corrected chi connectivity index (χ3v) is 5.37. The first-order valence-corrected chi connectivity index (χ1v) is 10.2. The molecule has 1 aromatic carbocycles. The molecule has 2 aromatic rings. The van der Waals surface area contributed by atoms with Gasteiger partial charge in [-0.2, -0.15) is 10.4 Å². The second-order valence-electron chi connectivity index (χ2n) is 7.34. The Bertz CT molecular complexity index is 806. The molecule has 0 saturated carbocycles. The minimum atomic E-state index is 0.196. The molecular formula is C22H30N6. The van der Waals surface area contributed by atoms with Crippen LogP contribution in [-0.4, -0.2) is 53.9 Å². The van der Waals surface area contributed by atoms with Crippen LogP contribution in [0.25, 0.3) is 0 Å². The summed E-state index contributed by atoms with van der Waals surface area (Å²) in [6.07, 6.45) is 1.60. The second kappa shape index (κ2) is 9.52. The maximum absolute atomic E-state index is 9.65. The van der Waals surface area contributed by atoms with Gasteiger partial charge in [-0.15, -0.1) is 5.10 Å². The van der Waals surface area contributed by atoms with E-state index in [1.54, 1.807) is 0 Å². The van der Waals surface area contributed by atoms with Crippen molar-refractivity contribution in [1.29, 1.82) is 5.26 Å². The molecule has 148 valence electrons. The Morgan fingerprint density at radius 2 is 1.79 bits per heavy atom. The molecule has 1 aliphatic rings. The summed E-state index contributed by atoms with van der Waals surface area (Å²) in [5.41, 5.74) is 3.89. The fraction of sp³-hybridized carbons (Fsp3) is 0.500. The Balaban J connectivity index is 1.58. The minimum Gasteiger partial charge on any atom is -0.369 e. The van der Waals surface area contributed by atoms with Gasteiger partial charge in [0.2, 0.25) is 0 Å². The van der Waals surface area contributed by atoms with Gasteiger partial charge in [-0.05, 0) is 37.5 Å². The van der Waals surface area contributed by atoms with E-state index in [0.717, 1.165) is 56.8 Å². The Labute approximate surface area is 168 Å². The lowest BCUT2D eigenvalue weighted by Crippen LogP contribution is -2.49. The minimum absolute atomic E-state index is 0.196. The summed E-state index contributed by atoms with van der Waals surface area (Å²) in [6, 6.07) is 13.1. The molecule has 2 heterocycles. The van der Waals surface area contributed by atoms with Crippen molar-refractivity contribution in [3.63, 3.8) is 0 Å². The molecule has 1 N–H and O–H groups in total. The van der Waals surface area contributed by atoms with Crippen LogP contribution in [0, 0.1) is 11.3 Å². The molecule has 1 unspecified atom stereocenters. The number of aryl methyl sites for hydroxylation is 1. The van der Waals surface area contributed by atoms with Crippen molar-refractivity contribution < 1.29 is 0 Å². The van der Waals surface area contributed by atoms with Gasteiger partial charge in [0.1, 0.15) is 11.6 Å². The zero-order chi connectivity index (χ0) is 19.9. The van der Waals surface area contributed by atoms with Crippen molar-refractivity contribution in [3.8, 4) is 6.07 Å². The number of hydrogen-bond acceptors (Lipinski definition) is 6. The van der Waals surface area contributed by atoms with Crippen molar-refractivity contribution in [1.82, 2.24) is 15.1 Å². The number of rotatable bonds is 7. The van der Waals surface area contributed by atoms with Crippen LogP contribution in [0.1, 0.15) is 37.6 Å². The average Bonchev–Trinajstić information content (AvgIpc) is 2.74. The Kier molecular flexibility index (Phi) is 6.83. The first kappa shape index (κ1) is 20.1. The number of nitrogens with zero attached hydrogens (tertiary/aromatic N) is 5. The summed E-state index contributed by atoms with van der Waals surface area (Å²) in [5, 5.41) is 21.7. The third-order valence-electron chi connectivity index (χ3n) is 5.37. The molecule has 28 heavy (non-hydrogen) atoms. The topological polar surface area (TPSA) is 68.1 Å². The van der Waals surface area contributed by atoms with Gasteiger partial charge in [-0.1, -0.05) is 32.0 Å². The molecular weight excluding hydrogens is 348 g/mol. The highest BCUT2D eigenvalue weighted by Gasteiger charge is 2.20. The number of nitrogens with one attached hydrogen (secondary N) is 1. The first-order valence-electron chi connectivity index (χ1n) is 10.2. The molecule has 0 aliphatic carbocycles. The lowest BCUT2D eigenvalue weighted by atomic mass is 10.0. The molecule has 0 amide bonds. The largest absolute Gasteiger partial charge is 0.369 e. The van der Waals surface area contributed by atoms with Gasteiger partial charge >= 0.3 is 0 Å². The lowest BCUT2D eigenvalue weighted by molar-refractivity contribution is 0.251. The number of anilines is 2. The third kappa shape index (κ3) is 4.60. The second-order valence-corrected chi connectivity index (χ2v) is 7.34. The summed E-state index contributed by atoms with van der Waals surface area (Å²) >= 11 is 0. The van der Waals surface area contributed by atoms with Crippen molar-refractivity contribution in [2.24, 2.45) is 0 Å². The van der Waals surface area contributed by atoms with Gasteiger partial charge in [-0.25, -0.2) is 0 Å². The fourth-order valence-electron chi connectivity index (χ4n) is 3.89. The summed E-state index contributed by atoms with van der Waals surface area (Å²) in [7, 11) is 0. The Morgan fingerprint density at radius 1 is 1.07 bits per heavy atom. The van der Waals surface area contributed by atoms with E-state index in [9.17, 15) is 5.26 Å². The summed E-state index contributed by atoms with van der Waals surface area (Å²) in [6.45, 7) is 11.3. The zero-order valence-electron chi connectivity index (χ0n) is 17.1. The van der Waals surface area contributed by atoms with Crippen molar-refractivity contribution in [2.45, 2.75) is 39.7 Å². The van der Waals surface area contributed by atoms with Crippen LogP contribution in [0.15, 0.2) is 30.3 Å². The maximum atomic E-state index is 9.65. The molecule has 1 saturated heterocycles. The number of benzene rings is 1. The van der Waals surface area contributed by atoms with Gasteiger partial charge < -0.3 is 10.2 Å². The van der Waals surface area contributed by atoms with Crippen molar-refractivity contribution >= 4 is 11.5 Å². The smallest absolute Gasteiger partial charge is 0.167 e. The molecule has 0 bridgehead atoms. The van der Waals surface area contributed by atoms with Crippen LogP contribution in [0.2, 0.25) is 0 Å². The quantitative estimate of drug-likeness (QED) is 0.798. The monoisotopic (exact) mass is 378 g/mol. The van der Waals surface area contributed by atoms with Gasteiger partial charge in [0.25, 0.3) is 0 Å². The molecule has 0 radical (unpaired) electrons. The molecule has 3 rings (SSSR count). The highest BCUT2D eigenvalue weighted by molar-refractivity contribution is 5.57. The van der Waals surface area contributed by atoms with E-state index in [1.807, 2.05) is 0 Å². The van der Waals surface area contributed by atoms with Crippen molar-refractivity contribution in [3.05, 3.63) is 47.2 Å². The highest BCUT2D eigenvalue weighted by Crippen LogP contribution is 2.21. The van der Waals surface area contributed by atoms with Crippen molar-refractivity contribution in [2.75, 3.05) is 42.9 Å². The van der Waals surface area contributed by atoms with Crippen LogP contribution in [0.3, 0.4) is 0 Å². The highest BCUT2D eigenvalue weighted by atomic mass is 15.3. The summed E-state index contributed by atoms with van der Waals surface area (Å²) < 4.78 is 0. The van der Waals surface area contributed by atoms with E-state index in [-0.39, 0.29) is 6.04 Å². The SMILES string of the molecule is CCc1nnc(NC(C)CN2CCN(c3ccccc3)CC2)c(C#N)c1CC. The van der Waals surface area contributed by atoms with E-state index in [1.165, 1.54) is 5.69 Å². The van der Waals surface area contributed by atoms with Crippen LogP contribution in [0.5, 0.6) is 0 Å². The van der Waals surface area contributed by atoms with Gasteiger partial charge in [0.15, 0.2) is 5.82 Å². The zero-order valence-corrected chi connectivity index (χ0v) is 17.1. The van der Waals surface area contributed by atoms with Crippen LogP contribution < -0.4 is 10.2 Å². The van der Waals surface area contributed by atoms with E-state index in [2.05, 4.69) is 82.5 Å². The molecule has 1 aliphatic heterocycles. The fourth-order valence-corrected chi connectivity index (χ4v) is 3.89. The number of aromatic nitrogens is 2. The molecule has 0 spiro atoms. The predicted molar refractivity (Wildman–Crippen MR) is 114 cm³/mol. The van der Waals surface area contributed by atoms with Crippen LogP contribution >= 0.6 is 0 Å². The van der Waals surface area contributed by atoms with Gasteiger partial charge in [0.05, 0.1) is 5.69 Å². The molecule has 6 nitrogen and oxygen atoms in total. The van der Waals surface area contributed by atoms with E-state index < -0.39 is 0 Å². The predicted octanol–water partition coefficient (Wildman–Crippen LogP) is 3.10. The van der Waals surface area contributed by atoms with E-state index >= 15 is 0 Å². The van der Waals surface area contributed by atoms with E-state index in [0.29, 0.717) is 11.4 Å². The normalized spacial score (nSPS) is 15.9. The molecule has 1 atom stereocenters. The standard InChI is InChI=1S/C22H30N6/c1-4-19-20(15-23)22(26-25-21(19)5-2)24-17(3)16-27-11-13-28(14-12-27)18-9-7-6-8-10-18/h6-10,17H,4-5,11-14,16H2,1-3H3,(H,24,26). The summed E-state index contributed by atoms with van der Waals surface area (Å²) in [5.74, 6) is 0.618. The van der Waals surface area contributed by atoms with Crippen LogP contribution in [0.4, 0.5) is 11.5 Å². The number of para-hydroxylation sites is 1. The summed E-state index contributed by atoms with van der Waals surface area (Å²) in [4.78, 5) is 4.91. The maximum Gasteiger partial charge on any atom is 0.167 e. The number of hydrogen-bond donors (Lipinski definition) is 1. The Hall–Kier alpha value is -2.65. The average molecular weight is 379 g/mol. The van der Waals surface area contributed by atoms with Gasteiger partial charge in [0, 0.05) is 44.5 Å². The van der Waals surface area contributed by atoms with E-state index in [4.69, 9.17) is 0 Å². The first-order chi connectivity index (χ1) is 13.7. The van der Waals surface area contributed by atoms with Crippen LogP contribution in [-0.2, 0) is 12.8 Å². The molecule has 1 aromatic heterocycles. The van der Waals surface area contributed by atoms with Gasteiger partial charge in [-0.3, -0.25) is 4.90 Å². The molecule has 6 heteroatoms. The lowest BCUT2D eigenvalue weighted by Gasteiger charge is -2.37. The molecule has 1 fully saturated rings.